The van der Waals surface area contributed by atoms with Gasteiger partial charge in [-0.1, -0.05) is 22.9 Å². The molecule has 1 saturated heterocycles. The second kappa shape index (κ2) is 6.45. The van der Waals surface area contributed by atoms with Crippen molar-refractivity contribution in [3.8, 4) is 0 Å². The Bertz CT molecular complexity index is 1040. The summed E-state index contributed by atoms with van der Waals surface area (Å²) in [4.78, 5) is 21.8. The van der Waals surface area contributed by atoms with E-state index in [2.05, 4.69) is 15.1 Å². The molecule has 0 radical (unpaired) electrons. The molecule has 1 aromatic carbocycles. The van der Waals surface area contributed by atoms with E-state index in [-0.39, 0.29) is 5.91 Å². The fourth-order valence-corrected chi connectivity index (χ4v) is 5.00. The van der Waals surface area contributed by atoms with Gasteiger partial charge in [0, 0.05) is 44.2 Å². The largest absolute Gasteiger partial charge is 0.345 e. The van der Waals surface area contributed by atoms with Crippen LogP contribution in [-0.4, -0.2) is 56.7 Å². The molecule has 3 aromatic rings. The lowest BCUT2D eigenvalue weighted by Crippen LogP contribution is -2.49. The SMILES string of the molecule is Cc1c(Cl)ccc2sc(N3CCN(C(=O)c4nnc5n4CCC5)CC3)nc12. The van der Waals surface area contributed by atoms with Crippen LogP contribution < -0.4 is 4.90 Å². The van der Waals surface area contributed by atoms with Crippen LogP contribution in [0.3, 0.4) is 0 Å². The summed E-state index contributed by atoms with van der Waals surface area (Å²) in [5.41, 5.74) is 1.99. The second-order valence-electron chi connectivity index (χ2n) is 6.99. The molecule has 0 spiro atoms. The Hall–Kier alpha value is -2.19. The van der Waals surface area contributed by atoms with Gasteiger partial charge in [0.25, 0.3) is 5.91 Å². The second-order valence-corrected chi connectivity index (χ2v) is 8.41. The molecule has 0 atom stereocenters. The molecule has 1 fully saturated rings. The minimum absolute atomic E-state index is 0.0118. The van der Waals surface area contributed by atoms with Gasteiger partial charge in [-0.05, 0) is 31.0 Å². The van der Waals surface area contributed by atoms with Gasteiger partial charge in [-0.3, -0.25) is 4.79 Å². The van der Waals surface area contributed by atoms with E-state index in [9.17, 15) is 4.79 Å². The van der Waals surface area contributed by atoms with E-state index in [1.54, 1.807) is 11.3 Å². The van der Waals surface area contributed by atoms with Crippen molar-refractivity contribution in [3.05, 3.63) is 34.4 Å². The molecule has 0 N–H and O–H groups in total. The number of hydrogen-bond donors (Lipinski definition) is 0. The first-order valence-electron chi connectivity index (χ1n) is 9.14. The first-order valence-corrected chi connectivity index (χ1v) is 10.3. The third-order valence-electron chi connectivity index (χ3n) is 5.37. The first-order chi connectivity index (χ1) is 13.1. The predicted octanol–water partition coefficient (Wildman–Crippen LogP) is 2.76. The fraction of sp³-hybridized carbons (Fsp3) is 0.444. The number of piperazine rings is 1. The number of carbonyl (C=O) groups excluding carboxylic acids is 1. The van der Waals surface area contributed by atoms with Gasteiger partial charge < -0.3 is 14.4 Å². The lowest BCUT2D eigenvalue weighted by molar-refractivity contribution is 0.0729. The van der Waals surface area contributed by atoms with E-state index >= 15 is 0 Å². The van der Waals surface area contributed by atoms with Gasteiger partial charge in [0.2, 0.25) is 5.82 Å². The number of anilines is 1. The van der Waals surface area contributed by atoms with Crippen LogP contribution in [0.1, 0.15) is 28.4 Å². The molecule has 0 aliphatic carbocycles. The van der Waals surface area contributed by atoms with E-state index in [0.717, 1.165) is 64.2 Å². The van der Waals surface area contributed by atoms with Crippen LogP contribution in [-0.2, 0) is 13.0 Å². The molecule has 2 aromatic heterocycles. The molecule has 140 valence electrons. The number of aromatic nitrogens is 4. The molecule has 5 rings (SSSR count). The number of hydrogen-bond acceptors (Lipinski definition) is 6. The van der Waals surface area contributed by atoms with E-state index < -0.39 is 0 Å². The van der Waals surface area contributed by atoms with Crippen LogP contribution in [0.2, 0.25) is 5.02 Å². The summed E-state index contributed by atoms with van der Waals surface area (Å²) >= 11 is 7.90. The van der Waals surface area contributed by atoms with Gasteiger partial charge in [0.15, 0.2) is 5.13 Å². The maximum atomic E-state index is 12.8. The molecule has 27 heavy (non-hydrogen) atoms. The van der Waals surface area contributed by atoms with Crippen molar-refractivity contribution in [1.82, 2.24) is 24.6 Å². The zero-order chi connectivity index (χ0) is 18.5. The lowest BCUT2D eigenvalue weighted by atomic mass is 10.2. The number of thiazole rings is 1. The quantitative estimate of drug-likeness (QED) is 0.659. The molecule has 0 saturated carbocycles. The number of carbonyl (C=O) groups is 1. The van der Waals surface area contributed by atoms with Gasteiger partial charge in [0.05, 0.1) is 10.2 Å². The lowest BCUT2D eigenvalue weighted by Gasteiger charge is -2.34. The summed E-state index contributed by atoms with van der Waals surface area (Å²) in [5.74, 6) is 1.41. The maximum absolute atomic E-state index is 12.8. The van der Waals surface area contributed by atoms with Gasteiger partial charge in [-0.25, -0.2) is 4.98 Å². The van der Waals surface area contributed by atoms with Crippen LogP contribution in [0.5, 0.6) is 0 Å². The average molecular weight is 403 g/mol. The van der Waals surface area contributed by atoms with Gasteiger partial charge >= 0.3 is 0 Å². The number of fused-ring (bicyclic) bond motifs is 2. The van der Waals surface area contributed by atoms with E-state index in [0.29, 0.717) is 18.9 Å². The van der Waals surface area contributed by atoms with Crippen molar-refractivity contribution in [2.75, 3.05) is 31.1 Å². The first kappa shape index (κ1) is 16.9. The Balaban J connectivity index is 1.31. The van der Waals surface area contributed by atoms with Crippen molar-refractivity contribution in [2.45, 2.75) is 26.3 Å². The maximum Gasteiger partial charge on any atom is 0.291 e. The zero-order valence-corrected chi connectivity index (χ0v) is 16.6. The molecule has 9 heteroatoms. The van der Waals surface area contributed by atoms with Crippen LogP contribution in [0.25, 0.3) is 10.2 Å². The highest BCUT2D eigenvalue weighted by Gasteiger charge is 2.29. The fourth-order valence-electron chi connectivity index (χ4n) is 3.78. The van der Waals surface area contributed by atoms with E-state index in [1.807, 2.05) is 28.5 Å². The Kier molecular flexibility index (Phi) is 4.05. The topological polar surface area (TPSA) is 67.2 Å². The number of aryl methyl sites for hydroxylation is 2. The molecule has 0 unspecified atom stereocenters. The van der Waals surface area contributed by atoms with Gasteiger partial charge in [0.1, 0.15) is 5.82 Å². The summed E-state index contributed by atoms with van der Waals surface area (Å²) < 4.78 is 3.11. The minimum atomic E-state index is -0.0118. The monoisotopic (exact) mass is 402 g/mol. The van der Waals surface area contributed by atoms with Crippen LogP contribution in [0, 0.1) is 6.92 Å². The number of amides is 1. The third kappa shape index (κ3) is 2.78. The van der Waals surface area contributed by atoms with Crippen molar-refractivity contribution in [3.63, 3.8) is 0 Å². The average Bonchev–Trinajstić information content (AvgIpc) is 3.39. The molecule has 7 nitrogen and oxygen atoms in total. The van der Waals surface area contributed by atoms with Gasteiger partial charge in [-0.15, -0.1) is 10.2 Å². The number of nitrogens with zero attached hydrogens (tertiary/aromatic N) is 6. The number of halogens is 1. The molecular formula is C18H19ClN6OS. The zero-order valence-electron chi connectivity index (χ0n) is 15.0. The highest BCUT2D eigenvalue weighted by Crippen LogP contribution is 2.33. The number of rotatable bonds is 2. The van der Waals surface area contributed by atoms with Gasteiger partial charge in [-0.2, -0.15) is 0 Å². The van der Waals surface area contributed by atoms with Crippen LogP contribution in [0.4, 0.5) is 5.13 Å². The molecule has 1 amide bonds. The molecule has 4 heterocycles. The van der Waals surface area contributed by atoms with Crippen LogP contribution in [0.15, 0.2) is 12.1 Å². The third-order valence-corrected chi connectivity index (χ3v) is 6.87. The Morgan fingerprint density at radius 3 is 2.78 bits per heavy atom. The minimum Gasteiger partial charge on any atom is -0.345 e. The highest BCUT2D eigenvalue weighted by atomic mass is 35.5. The number of benzene rings is 1. The summed E-state index contributed by atoms with van der Waals surface area (Å²) in [6, 6.07) is 3.95. The van der Waals surface area contributed by atoms with Crippen molar-refractivity contribution < 1.29 is 4.79 Å². The van der Waals surface area contributed by atoms with Crippen molar-refractivity contribution in [1.29, 1.82) is 0 Å². The summed E-state index contributed by atoms with van der Waals surface area (Å²) in [7, 11) is 0. The Labute approximate surface area is 165 Å². The highest BCUT2D eigenvalue weighted by molar-refractivity contribution is 7.22. The standard InChI is InChI=1S/C18H19ClN6OS/c1-11-12(19)4-5-13-15(11)20-18(27-13)24-9-7-23(8-10-24)17(26)16-22-21-14-3-2-6-25(14)16/h4-5H,2-3,6-10H2,1H3. The molecule has 0 bridgehead atoms. The normalized spacial score (nSPS) is 17.0. The van der Waals surface area contributed by atoms with E-state index in [1.165, 1.54) is 0 Å². The van der Waals surface area contributed by atoms with Crippen molar-refractivity contribution >= 4 is 44.2 Å². The molecular weight excluding hydrogens is 384 g/mol. The summed E-state index contributed by atoms with van der Waals surface area (Å²) in [5, 5.41) is 10.0. The Morgan fingerprint density at radius 1 is 1.15 bits per heavy atom. The smallest absolute Gasteiger partial charge is 0.291 e. The van der Waals surface area contributed by atoms with Crippen molar-refractivity contribution in [2.24, 2.45) is 0 Å². The van der Waals surface area contributed by atoms with Crippen LogP contribution >= 0.6 is 22.9 Å². The molecule has 2 aliphatic heterocycles. The summed E-state index contributed by atoms with van der Waals surface area (Å²) in [6.07, 6.45) is 1.95. The predicted molar refractivity (Wildman–Crippen MR) is 106 cm³/mol. The molecule has 2 aliphatic rings. The Morgan fingerprint density at radius 2 is 1.96 bits per heavy atom. The summed E-state index contributed by atoms with van der Waals surface area (Å²) in [6.45, 7) is 5.70. The van der Waals surface area contributed by atoms with E-state index in [4.69, 9.17) is 16.6 Å².